The highest BCUT2D eigenvalue weighted by Gasteiger charge is 2.05. The lowest BCUT2D eigenvalue weighted by Gasteiger charge is -2.06. The fraction of sp³-hybridized carbons (Fsp3) is 0.333. The van der Waals surface area contributed by atoms with Gasteiger partial charge in [0.15, 0.2) is 0 Å². The zero-order chi connectivity index (χ0) is 11.4. The van der Waals surface area contributed by atoms with Crippen LogP contribution in [0.2, 0.25) is 0 Å². The summed E-state index contributed by atoms with van der Waals surface area (Å²) in [7, 11) is 0. The Labute approximate surface area is 104 Å². The Hall–Kier alpha value is -1.16. The molecule has 0 radical (unpaired) electrons. The van der Waals surface area contributed by atoms with Gasteiger partial charge in [-0.25, -0.2) is 4.68 Å². The number of alkyl halides is 1. The lowest BCUT2D eigenvalue weighted by Crippen LogP contribution is -2.00. The van der Waals surface area contributed by atoms with Crippen molar-refractivity contribution in [2.24, 2.45) is 0 Å². The number of aryl methyl sites for hydroxylation is 1. The molecule has 0 N–H and O–H groups in total. The van der Waals surface area contributed by atoms with Crippen LogP contribution < -0.4 is 0 Å². The van der Waals surface area contributed by atoms with E-state index in [4.69, 9.17) is 0 Å². The first-order chi connectivity index (χ1) is 7.85. The first kappa shape index (κ1) is 11.3. The van der Waals surface area contributed by atoms with Crippen molar-refractivity contribution in [2.75, 3.05) is 0 Å². The predicted octanol–water partition coefficient (Wildman–Crippen LogP) is 3.11. The summed E-state index contributed by atoms with van der Waals surface area (Å²) in [6.45, 7) is 2.18. The van der Waals surface area contributed by atoms with E-state index in [-0.39, 0.29) is 0 Å². The van der Waals surface area contributed by atoms with Crippen molar-refractivity contribution in [1.29, 1.82) is 0 Å². The van der Waals surface area contributed by atoms with Crippen LogP contribution in [-0.2, 0) is 11.8 Å². The molecule has 84 valence electrons. The minimum Gasteiger partial charge on any atom is -0.220 e. The van der Waals surface area contributed by atoms with Gasteiger partial charge in [-0.2, -0.15) is 0 Å². The monoisotopic (exact) mass is 279 g/mol. The fourth-order valence-electron chi connectivity index (χ4n) is 1.69. The first-order valence-electron chi connectivity index (χ1n) is 5.40. The van der Waals surface area contributed by atoms with E-state index in [1.54, 1.807) is 0 Å². The van der Waals surface area contributed by atoms with Gasteiger partial charge >= 0.3 is 0 Å². The van der Waals surface area contributed by atoms with E-state index in [9.17, 15) is 0 Å². The Morgan fingerprint density at radius 2 is 2.12 bits per heavy atom. The average Bonchev–Trinajstić information content (AvgIpc) is 2.79. The van der Waals surface area contributed by atoms with E-state index in [2.05, 4.69) is 51.4 Å². The Bertz CT molecular complexity index is 465. The van der Waals surface area contributed by atoms with Crippen LogP contribution >= 0.6 is 15.9 Å². The largest absolute Gasteiger partial charge is 0.220 e. The van der Waals surface area contributed by atoms with Crippen LogP contribution in [0.3, 0.4) is 0 Å². The number of nitrogens with zero attached hydrogens (tertiary/aromatic N) is 3. The number of hydrogen-bond donors (Lipinski definition) is 0. The highest BCUT2D eigenvalue weighted by molar-refractivity contribution is 9.08. The molecule has 0 saturated heterocycles. The quantitative estimate of drug-likeness (QED) is 0.806. The van der Waals surface area contributed by atoms with Crippen LogP contribution in [0.25, 0.3) is 5.69 Å². The molecule has 1 heterocycles. The molecule has 0 saturated carbocycles. The standard InChI is InChI=1S/C12H14BrN3/c1-2-5-10-6-3-4-7-12(10)16-9-11(8-13)14-15-16/h3-4,6-7,9H,2,5,8H2,1H3. The molecule has 1 aromatic heterocycles. The minimum absolute atomic E-state index is 0.739. The molecule has 3 nitrogen and oxygen atoms in total. The van der Waals surface area contributed by atoms with E-state index in [1.807, 2.05) is 16.9 Å². The summed E-state index contributed by atoms with van der Waals surface area (Å²) >= 11 is 3.38. The Balaban J connectivity index is 2.38. The van der Waals surface area contributed by atoms with Crippen LogP contribution in [0, 0.1) is 0 Å². The molecular formula is C12H14BrN3. The first-order valence-corrected chi connectivity index (χ1v) is 6.52. The van der Waals surface area contributed by atoms with Gasteiger partial charge in [0.1, 0.15) is 0 Å². The third-order valence-electron chi connectivity index (χ3n) is 2.44. The molecule has 0 aliphatic rings. The molecule has 0 aliphatic carbocycles. The fourth-order valence-corrected chi connectivity index (χ4v) is 1.95. The van der Waals surface area contributed by atoms with Crippen molar-refractivity contribution in [3.8, 4) is 5.69 Å². The summed E-state index contributed by atoms with van der Waals surface area (Å²) in [4.78, 5) is 0. The molecule has 0 atom stereocenters. The van der Waals surface area contributed by atoms with Gasteiger partial charge in [-0.3, -0.25) is 0 Å². The van der Waals surface area contributed by atoms with Crippen molar-refractivity contribution in [2.45, 2.75) is 25.1 Å². The highest BCUT2D eigenvalue weighted by atomic mass is 79.9. The minimum atomic E-state index is 0.739. The summed E-state index contributed by atoms with van der Waals surface area (Å²) in [5.41, 5.74) is 3.39. The molecule has 1 aromatic carbocycles. The van der Waals surface area contributed by atoms with E-state index >= 15 is 0 Å². The molecule has 0 bridgehead atoms. The SMILES string of the molecule is CCCc1ccccc1-n1cc(CBr)nn1. The molecule has 2 rings (SSSR count). The van der Waals surface area contributed by atoms with Gasteiger partial charge in [0.25, 0.3) is 0 Å². The van der Waals surface area contributed by atoms with Gasteiger partial charge in [-0.05, 0) is 18.1 Å². The number of benzene rings is 1. The number of aromatic nitrogens is 3. The smallest absolute Gasteiger partial charge is 0.0937 e. The zero-order valence-electron chi connectivity index (χ0n) is 9.23. The van der Waals surface area contributed by atoms with Crippen molar-refractivity contribution in [1.82, 2.24) is 15.0 Å². The maximum absolute atomic E-state index is 4.14. The Morgan fingerprint density at radius 3 is 2.81 bits per heavy atom. The van der Waals surface area contributed by atoms with E-state index in [0.717, 1.165) is 29.6 Å². The van der Waals surface area contributed by atoms with Gasteiger partial charge in [0.2, 0.25) is 0 Å². The molecule has 0 aliphatic heterocycles. The van der Waals surface area contributed by atoms with Crippen molar-refractivity contribution in [3.05, 3.63) is 41.7 Å². The Morgan fingerprint density at radius 1 is 1.31 bits per heavy atom. The average molecular weight is 280 g/mol. The molecule has 0 unspecified atom stereocenters. The lowest BCUT2D eigenvalue weighted by atomic mass is 10.1. The van der Waals surface area contributed by atoms with Gasteiger partial charge < -0.3 is 0 Å². The van der Waals surface area contributed by atoms with Crippen molar-refractivity contribution in [3.63, 3.8) is 0 Å². The van der Waals surface area contributed by atoms with Crippen LogP contribution in [-0.4, -0.2) is 15.0 Å². The molecule has 0 spiro atoms. The second-order valence-corrected chi connectivity index (χ2v) is 4.23. The molecule has 0 amide bonds. The summed E-state index contributed by atoms with van der Waals surface area (Å²) in [6, 6.07) is 8.33. The summed E-state index contributed by atoms with van der Waals surface area (Å²) < 4.78 is 1.85. The van der Waals surface area contributed by atoms with Gasteiger partial charge in [0.05, 0.1) is 17.6 Å². The second-order valence-electron chi connectivity index (χ2n) is 3.67. The van der Waals surface area contributed by atoms with Crippen LogP contribution in [0.5, 0.6) is 0 Å². The summed E-state index contributed by atoms with van der Waals surface area (Å²) in [5, 5.41) is 8.95. The molecular weight excluding hydrogens is 266 g/mol. The van der Waals surface area contributed by atoms with E-state index in [0.29, 0.717) is 0 Å². The molecule has 0 fully saturated rings. The highest BCUT2D eigenvalue weighted by Crippen LogP contribution is 2.15. The van der Waals surface area contributed by atoms with Crippen LogP contribution in [0.4, 0.5) is 0 Å². The molecule has 2 aromatic rings. The zero-order valence-corrected chi connectivity index (χ0v) is 10.8. The third kappa shape index (κ3) is 2.32. The Kier molecular flexibility index (Phi) is 3.72. The number of halogens is 1. The number of rotatable bonds is 4. The topological polar surface area (TPSA) is 30.7 Å². The van der Waals surface area contributed by atoms with Crippen LogP contribution in [0.15, 0.2) is 30.5 Å². The van der Waals surface area contributed by atoms with Gasteiger partial charge in [-0.1, -0.05) is 52.7 Å². The van der Waals surface area contributed by atoms with Crippen molar-refractivity contribution >= 4 is 15.9 Å². The number of hydrogen-bond acceptors (Lipinski definition) is 2. The van der Waals surface area contributed by atoms with Gasteiger partial charge in [0, 0.05) is 5.33 Å². The van der Waals surface area contributed by atoms with Crippen LogP contribution in [0.1, 0.15) is 24.6 Å². The summed E-state index contributed by atoms with van der Waals surface area (Å²) in [6.07, 6.45) is 4.17. The maximum Gasteiger partial charge on any atom is 0.0937 e. The van der Waals surface area contributed by atoms with Crippen molar-refractivity contribution < 1.29 is 0 Å². The maximum atomic E-state index is 4.14. The van der Waals surface area contributed by atoms with E-state index < -0.39 is 0 Å². The van der Waals surface area contributed by atoms with E-state index in [1.165, 1.54) is 5.56 Å². The lowest BCUT2D eigenvalue weighted by molar-refractivity contribution is 0.783. The normalized spacial score (nSPS) is 10.6. The predicted molar refractivity (Wildman–Crippen MR) is 68.0 cm³/mol. The second kappa shape index (κ2) is 5.25. The van der Waals surface area contributed by atoms with Gasteiger partial charge in [-0.15, -0.1) is 5.10 Å². The molecule has 4 heteroatoms. The summed E-state index contributed by atoms with van der Waals surface area (Å²) in [5.74, 6) is 0. The number of para-hydroxylation sites is 1. The molecule has 16 heavy (non-hydrogen) atoms. The third-order valence-corrected chi connectivity index (χ3v) is 3.01.